The first-order valence-corrected chi connectivity index (χ1v) is 12.0. The molecule has 0 saturated heterocycles. The number of carbonyl (C=O) groups is 1. The number of carbonyl (C=O) groups excluding carboxylic acids is 1. The number of benzene rings is 2. The van der Waals surface area contributed by atoms with Crippen molar-refractivity contribution < 1.29 is 14.3 Å². The summed E-state index contributed by atoms with van der Waals surface area (Å²) in [4.78, 5) is 20.8. The average Bonchev–Trinajstić information content (AvgIpc) is 2.83. The highest BCUT2D eigenvalue weighted by Crippen LogP contribution is 2.32. The van der Waals surface area contributed by atoms with E-state index in [0.29, 0.717) is 37.8 Å². The smallest absolute Gasteiger partial charge is 0.305 e. The molecular weight excluding hydrogens is 426 g/mol. The van der Waals surface area contributed by atoms with E-state index in [2.05, 4.69) is 42.9 Å². The molecule has 0 saturated carbocycles. The van der Waals surface area contributed by atoms with E-state index in [9.17, 15) is 4.79 Å². The Kier molecular flexibility index (Phi) is 9.02. The summed E-state index contributed by atoms with van der Waals surface area (Å²) < 4.78 is 11.0. The number of nitrogen functional groups attached to an aromatic ring is 1. The molecule has 0 fully saturated rings. The summed E-state index contributed by atoms with van der Waals surface area (Å²) >= 11 is 0. The lowest BCUT2D eigenvalue weighted by Gasteiger charge is -2.15. The highest BCUT2D eigenvalue weighted by atomic mass is 16.5. The minimum Gasteiger partial charge on any atom is -0.493 e. The van der Waals surface area contributed by atoms with Crippen molar-refractivity contribution in [3.63, 3.8) is 0 Å². The zero-order valence-electron chi connectivity index (χ0n) is 20.6. The maximum Gasteiger partial charge on any atom is 0.305 e. The molecule has 2 N–H and O–H groups in total. The minimum absolute atomic E-state index is 0.191. The van der Waals surface area contributed by atoms with Crippen molar-refractivity contribution in [2.45, 2.75) is 53.4 Å². The third-order valence-electron chi connectivity index (χ3n) is 5.57. The molecule has 0 amide bonds. The largest absolute Gasteiger partial charge is 0.493 e. The van der Waals surface area contributed by atoms with Crippen molar-refractivity contribution in [1.29, 1.82) is 0 Å². The molecule has 0 radical (unpaired) electrons. The lowest BCUT2D eigenvalue weighted by atomic mass is 9.98. The second-order valence-corrected chi connectivity index (χ2v) is 8.70. The van der Waals surface area contributed by atoms with Crippen molar-refractivity contribution in [3.8, 4) is 28.3 Å². The van der Waals surface area contributed by atoms with E-state index in [1.165, 1.54) is 0 Å². The molecule has 0 atom stereocenters. The average molecular weight is 462 g/mol. The Morgan fingerprint density at radius 2 is 1.82 bits per heavy atom. The topological polar surface area (TPSA) is 87.3 Å². The van der Waals surface area contributed by atoms with Gasteiger partial charge in [-0.1, -0.05) is 45.0 Å². The van der Waals surface area contributed by atoms with Crippen LogP contribution in [0.15, 0.2) is 48.8 Å². The van der Waals surface area contributed by atoms with Crippen LogP contribution in [0.4, 0.5) is 5.69 Å². The molecule has 3 rings (SSSR count). The summed E-state index contributed by atoms with van der Waals surface area (Å²) in [5, 5.41) is 0. The lowest BCUT2D eigenvalue weighted by Crippen LogP contribution is -2.07. The Bertz CT molecular complexity index is 1090. The predicted octanol–water partition coefficient (Wildman–Crippen LogP) is 5.88. The number of hydrogen-bond donors (Lipinski definition) is 1. The van der Waals surface area contributed by atoms with Gasteiger partial charge in [-0.3, -0.25) is 4.79 Å². The molecule has 0 aliphatic heterocycles. The first-order valence-electron chi connectivity index (χ1n) is 12.0. The molecule has 0 aliphatic rings. The summed E-state index contributed by atoms with van der Waals surface area (Å²) in [5.41, 5.74) is 12.2. The quantitative estimate of drug-likeness (QED) is 0.218. The molecule has 34 heavy (non-hydrogen) atoms. The zero-order chi connectivity index (χ0) is 24.5. The summed E-state index contributed by atoms with van der Waals surface area (Å²) in [6.07, 6.45) is 6.42. The molecule has 6 nitrogen and oxygen atoms in total. The van der Waals surface area contributed by atoms with Crippen molar-refractivity contribution in [2.24, 2.45) is 5.92 Å². The Hall–Kier alpha value is -3.41. The molecule has 6 heteroatoms. The molecule has 0 bridgehead atoms. The highest BCUT2D eigenvalue weighted by molar-refractivity contribution is 5.71. The maximum atomic E-state index is 11.5. The van der Waals surface area contributed by atoms with Gasteiger partial charge in [-0.25, -0.2) is 9.97 Å². The van der Waals surface area contributed by atoms with Crippen LogP contribution in [0.3, 0.4) is 0 Å². The number of anilines is 1. The van der Waals surface area contributed by atoms with E-state index < -0.39 is 0 Å². The van der Waals surface area contributed by atoms with E-state index in [-0.39, 0.29) is 5.97 Å². The van der Waals surface area contributed by atoms with Gasteiger partial charge in [-0.2, -0.15) is 0 Å². The molecule has 0 spiro atoms. The van der Waals surface area contributed by atoms with Crippen molar-refractivity contribution in [2.75, 3.05) is 18.9 Å². The van der Waals surface area contributed by atoms with Gasteiger partial charge in [0.15, 0.2) is 5.82 Å². The monoisotopic (exact) mass is 461 g/mol. The number of rotatable bonds is 11. The van der Waals surface area contributed by atoms with Crippen LogP contribution in [0.25, 0.3) is 22.5 Å². The van der Waals surface area contributed by atoms with Crippen LogP contribution in [0.1, 0.15) is 51.7 Å². The van der Waals surface area contributed by atoms with Crippen LogP contribution in [0.5, 0.6) is 5.75 Å². The predicted molar refractivity (Wildman–Crippen MR) is 137 cm³/mol. The van der Waals surface area contributed by atoms with Gasteiger partial charge < -0.3 is 15.2 Å². The maximum absolute atomic E-state index is 11.5. The van der Waals surface area contributed by atoms with Gasteiger partial charge in [-0.15, -0.1) is 0 Å². The first kappa shape index (κ1) is 25.2. The van der Waals surface area contributed by atoms with Gasteiger partial charge >= 0.3 is 5.97 Å². The third-order valence-corrected chi connectivity index (χ3v) is 5.57. The first-order chi connectivity index (χ1) is 16.4. The van der Waals surface area contributed by atoms with Crippen LogP contribution >= 0.6 is 0 Å². The Balaban J connectivity index is 1.74. The van der Waals surface area contributed by atoms with Crippen LogP contribution in [0, 0.1) is 5.92 Å². The standard InChI is InChI=1S/C28H35N3O3/c1-5-23-24(9-7-10-26(23)34-14-8-11-27(32)33-6-2)22-17-30-28(31-18-22)21-13-12-20(15-19(3)4)25(29)16-21/h7,9-10,12-13,16-19H,5-6,8,11,14-15,29H2,1-4H3. The lowest BCUT2D eigenvalue weighted by molar-refractivity contribution is -0.143. The molecule has 2 aromatic carbocycles. The molecule has 1 heterocycles. The van der Waals surface area contributed by atoms with Gasteiger partial charge in [0, 0.05) is 41.2 Å². The number of nitrogens with zero attached hydrogens (tertiary/aromatic N) is 2. The fraction of sp³-hybridized carbons (Fsp3) is 0.393. The number of hydrogen-bond acceptors (Lipinski definition) is 6. The van der Waals surface area contributed by atoms with E-state index in [1.807, 2.05) is 43.6 Å². The van der Waals surface area contributed by atoms with Gasteiger partial charge in [0.25, 0.3) is 0 Å². The highest BCUT2D eigenvalue weighted by Gasteiger charge is 2.12. The summed E-state index contributed by atoms with van der Waals surface area (Å²) in [7, 11) is 0. The van der Waals surface area contributed by atoms with Gasteiger partial charge in [0.05, 0.1) is 13.2 Å². The molecule has 3 aromatic rings. The van der Waals surface area contributed by atoms with Crippen LogP contribution in [-0.4, -0.2) is 29.2 Å². The minimum atomic E-state index is -0.191. The molecular formula is C28H35N3O3. The van der Waals surface area contributed by atoms with E-state index in [0.717, 1.165) is 52.1 Å². The number of ether oxygens (including phenoxy) is 2. The SMILES string of the molecule is CCOC(=O)CCCOc1cccc(-c2cnc(-c3ccc(CC(C)C)c(N)c3)nc2)c1CC. The zero-order valence-corrected chi connectivity index (χ0v) is 20.6. The molecule has 1 aromatic heterocycles. The summed E-state index contributed by atoms with van der Waals surface area (Å²) in [6.45, 7) is 9.13. The van der Waals surface area contributed by atoms with Crippen molar-refractivity contribution >= 4 is 11.7 Å². The van der Waals surface area contributed by atoms with Crippen LogP contribution in [-0.2, 0) is 22.4 Å². The number of nitrogens with two attached hydrogens (primary N) is 1. The van der Waals surface area contributed by atoms with Crippen molar-refractivity contribution in [1.82, 2.24) is 9.97 Å². The number of esters is 1. The van der Waals surface area contributed by atoms with Gasteiger partial charge in [0.1, 0.15) is 5.75 Å². The second kappa shape index (κ2) is 12.2. The van der Waals surface area contributed by atoms with E-state index >= 15 is 0 Å². The molecule has 0 unspecified atom stereocenters. The Labute approximate surface area is 202 Å². The second-order valence-electron chi connectivity index (χ2n) is 8.70. The van der Waals surface area contributed by atoms with Gasteiger partial charge in [0.2, 0.25) is 0 Å². The fourth-order valence-electron chi connectivity index (χ4n) is 3.94. The Morgan fingerprint density at radius 1 is 1.06 bits per heavy atom. The molecule has 180 valence electrons. The Morgan fingerprint density at radius 3 is 2.47 bits per heavy atom. The van der Waals surface area contributed by atoms with E-state index in [4.69, 9.17) is 15.2 Å². The number of aromatic nitrogens is 2. The van der Waals surface area contributed by atoms with E-state index in [1.54, 1.807) is 0 Å². The third kappa shape index (κ3) is 6.56. The van der Waals surface area contributed by atoms with Crippen molar-refractivity contribution in [3.05, 3.63) is 59.9 Å². The molecule has 0 aliphatic carbocycles. The van der Waals surface area contributed by atoms with Crippen LogP contribution in [0.2, 0.25) is 0 Å². The summed E-state index contributed by atoms with van der Waals surface area (Å²) in [6, 6.07) is 12.0. The normalized spacial score (nSPS) is 11.0. The van der Waals surface area contributed by atoms with Gasteiger partial charge in [-0.05, 0) is 55.4 Å². The van der Waals surface area contributed by atoms with Crippen LogP contribution < -0.4 is 10.5 Å². The fourth-order valence-corrected chi connectivity index (χ4v) is 3.94. The summed E-state index contributed by atoms with van der Waals surface area (Å²) in [5.74, 6) is 1.83.